The Bertz CT molecular complexity index is 273. The van der Waals surface area contributed by atoms with Crippen LogP contribution in [0.5, 0.6) is 0 Å². The minimum Gasteiger partial charge on any atom is -0.390 e. The van der Waals surface area contributed by atoms with E-state index < -0.39 is 5.60 Å². The van der Waals surface area contributed by atoms with E-state index in [2.05, 4.69) is 6.92 Å². The molecular weight excluding hydrogens is 224 g/mol. The molecule has 4 rings (SSSR count). The summed E-state index contributed by atoms with van der Waals surface area (Å²) in [5.74, 6) is 2.76. The Kier molecular flexibility index (Phi) is 3.22. The zero-order valence-corrected chi connectivity index (χ0v) is 12.0. The van der Waals surface area contributed by atoms with Gasteiger partial charge in [0.2, 0.25) is 0 Å². The summed E-state index contributed by atoms with van der Waals surface area (Å²) in [6.07, 6.45) is 10.1. The largest absolute Gasteiger partial charge is 0.390 e. The van der Waals surface area contributed by atoms with Crippen molar-refractivity contribution in [2.75, 3.05) is 13.7 Å². The number of hydrogen-bond acceptors (Lipinski definition) is 2. The summed E-state index contributed by atoms with van der Waals surface area (Å²) in [5, 5.41) is 11.1. The summed E-state index contributed by atoms with van der Waals surface area (Å²) >= 11 is 0. The Labute approximate surface area is 111 Å². The molecule has 0 aromatic heterocycles. The molecule has 4 saturated carbocycles. The van der Waals surface area contributed by atoms with Gasteiger partial charge in [-0.25, -0.2) is 0 Å². The van der Waals surface area contributed by atoms with Gasteiger partial charge in [-0.05, 0) is 81.5 Å². The predicted octanol–water partition coefficient (Wildman–Crippen LogP) is 3.38. The Morgan fingerprint density at radius 2 is 1.61 bits per heavy atom. The van der Waals surface area contributed by atoms with Gasteiger partial charge in [-0.15, -0.1) is 0 Å². The van der Waals surface area contributed by atoms with Crippen molar-refractivity contribution in [1.29, 1.82) is 0 Å². The van der Waals surface area contributed by atoms with Crippen molar-refractivity contribution in [3.63, 3.8) is 0 Å². The van der Waals surface area contributed by atoms with Crippen LogP contribution in [-0.4, -0.2) is 24.4 Å². The molecule has 0 amide bonds. The lowest BCUT2D eigenvalue weighted by molar-refractivity contribution is -0.174. The lowest BCUT2D eigenvalue weighted by Gasteiger charge is -2.61. The third-order valence-corrected chi connectivity index (χ3v) is 6.19. The molecule has 1 N–H and O–H groups in total. The van der Waals surface area contributed by atoms with Crippen molar-refractivity contribution in [3.05, 3.63) is 0 Å². The van der Waals surface area contributed by atoms with Gasteiger partial charge in [-0.1, -0.05) is 0 Å². The van der Waals surface area contributed by atoms with Crippen LogP contribution >= 0.6 is 0 Å². The van der Waals surface area contributed by atoms with Crippen LogP contribution in [0.2, 0.25) is 0 Å². The topological polar surface area (TPSA) is 29.5 Å². The van der Waals surface area contributed by atoms with E-state index in [0.717, 1.165) is 37.2 Å². The molecule has 0 aromatic carbocycles. The Morgan fingerprint density at radius 3 is 2.06 bits per heavy atom. The van der Waals surface area contributed by atoms with E-state index in [1.54, 1.807) is 7.11 Å². The van der Waals surface area contributed by atoms with Gasteiger partial charge in [0.25, 0.3) is 0 Å². The second-order valence-corrected chi connectivity index (χ2v) is 7.57. The fourth-order valence-electron chi connectivity index (χ4n) is 5.60. The molecule has 104 valence electrons. The molecule has 0 aromatic rings. The number of hydrogen-bond donors (Lipinski definition) is 1. The first kappa shape index (κ1) is 12.9. The fraction of sp³-hybridized carbons (Fsp3) is 1.00. The molecular formula is C16H28O2. The minimum absolute atomic E-state index is 0.246. The molecule has 1 unspecified atom stereocenters. The number of ether oxygens (including phenoxy) is 1. The Hall–Kier alpha value is -0.0800. The highest BCUT2D eigenvalue weighted by atomic mass is 16.5. The zero-order valence-electron chi connectivity index (χ0n) is 12.0. The summed E-state index contributed by atoms with van der Waals surface area (Å²) in [6, 6.07) is 0. The normalized spacial score (nSPS) is 45.2. The lowest BCUT2D eigenvalue weighted by atomic mass is 9.45. The molecule has 4 fully saturated rings. The number of rotatable bonds is 5. The van der Waals surface area contributed by atoms with Gasteiger partial charge in [-0.2, -0.15) is 0 Å². The maximum absolute atomic E-state index is 11.1. The maximum Gasteiger partial charge on any atom is 0.0676 e. The molecule has 18 heavy (non-hydrogen) atoms. The van der Waals surface area contributed by atoms with Gasteiger partial charge >= 0.3 is 0 Å². The van der Waals surface area contributed by atoms with E-state index >= 15 is 0 Å². The first-order chi connectivity index (χ1) is 8.55. The minimum atomic E-state index is -0.471. The predicted molar refractivity (Wildman–Crippen MR) is 72.3 cm³/mol. The van der Waals surface area contributed by atoms with E-state index in [1.165, 1.54) is 38.5 Å². The van der Waals surface area contributed by atoms with E-state index in [-0.39, 0.29) is 5.41 Å². The van der Waals surface area contributed by atoms with Crippen LogP contribution in [0.3, 0.4) is 0 Å². The summed E-state index contributed by atoms with van der Waals surface area (Å²) < 4.78 is 5.15. The highest BCUT2D eigenvalue weighted by Gasteiger charge is 2.57. The van der Waals surface area contributed by atoms with Gasteiger partial charge in [0.05, 0.1) is 5.60 Å². The number of aliphatic hydroxyl groups is 1. The van der Waals surface area contributed by atoms with Gasteiger partial charge in [0, 0.05) is 13.7 Å². The van der Waals surface area contributed by atoms with E-state index in [1.807, 2.05) is 0 Å². The second kappa shape index (κ2) is 4.49. The van der Waals surface area contributed by atoms with Crippen molar-refractivity contribution in [3.8, 4) is 0 Å². The summed E-state index contributed by atoms with van der Waals surface area (Å²) in [5.41, 5.74) is -0.225. The van der Waals surface area contributed by atoms with Crippen LogP contribution in [0.1, 0.15) is 58.3 Å². The van der Waals surface area contributed by atoms with Crippen molar-refractivity contribution < 1.29 is 9.84 Å². The van der Waals surface area contributed by atoms with Crippen LogP contribution in [0, 0.1) is 23.2 Å². The molecule has 0 aliphatic heterocycles. The zero-order chi connectivity index (χ0) is 12.8. The van der Waals surface area contributed by atoms with Gasteiger partial charge in [-0.3, -0.25) is 0 Å². The van der Waals surface area contributed by atoms with Gasteiger partial charge in [0.1, 0.15) is 0 Å². The average molecular weight is 252 g/mol. The molecule has 0 radical (unpaired) electrons. The lowest BCUT2D eigenvalue weighted by Crippen LogP contribution is -2.57. The van der Waals surface area contributed by atoms with E-state index in [4.69, 9.17) is 4.74 Å². The molecule has 0 spiro atoms. The third-order valence-electron chi connectivity index (χ3n) is 6.19. The van der Waals surface area contributed by atoms with Crippen LogP contribution < -0.4 is 0 Å². The average Bonchev–Trinajstić information content (AvgIpc) is 2.27. The first-order valence-corrected chi connectivity index (χ1v) is 7.76. The second-order valence-electron chi connectivity index (χ2n) is 7.57. The fourth-order valence-corrected chi connectivity index (χ4v) is 5.60. The summed E-state index contributed by atoms with van der Waals surface area (Å²) in [6.45, 7) is 2.89. The van der Waals surface area contributed by atoms with Crippen molar-refractivity contribution in [2.45, 2.75) is 63.9 Å². The standard InChI is InChI=1S/C16H28O2/c1-15(17,4-3-5-18-2)16-9-12-6-13(10-16)8-14(7-12)11-16/h12-14,17H,3-11H2,1-2H3. The van der Waals surface area contributed by atoms with Gasteiger partial charge in [0.15, 0.2) is 0 Å². The van der Waals surface area contributed by atoms with Crippen LogP contribution in [-0.2, 0) is 4.74 Å². The Balaban J connectivity index is 1.73. The van der Waals surface area contributed by atoms with Crippen molar-refractivity contribution >= 4 is 0 Å². The highest BCUT2D eigenvalue weighted by molar-refractivity contribution is 5.08. The molecule has 2 nitrogen and oxygen atoms in total. The molecule has 4 aliphatic rings. The van der Waals surface area contributed by atoms with E-state index in [0.29, 0.717) is 0 Å². The first-order valence-electron chi connectivity index (χ1n) is 7.76. The Morgan fingerprint density at radius 1 is 1.11 bits per heavy atom. The van der Waals surface area contributed by atoms with Crippen LogP contribution in [0.15, 0.2) is 0 Å². The summed E-state index contributed by atoms with van der Waals surface area (Å²) in [7, 11) is 1.75. The molecule has 0 saturated heterocycles. The molecule has 0 heterocycles. The highest BCUT2D eigenvalue weighted by Crippen LogP contribution is 2.64. The molecule has 2 heteroatoms. The van der Waals surface area contributed by atoms with E-state index in [9.17, 15) is 5.11 Å². The third kappa shape index (κ3) is 2.02. The van der Waals surface area contributed by atoms with Gasteiger partial charge < -0.3 is 9.84 Å². The van der Waals surface area contributed by atoms with Crippen LogP contribution in [0.4, 0.5) is 0 Å². The smallest absolute Gasteiger partial charge is 0.0676 e. The van der Waals surface area contributed by atoms with Crippen molar-refractivity contribution in [1.82, 2.24) is 0 Å². The number of methoxy groups -OCH3 is 1. The molecule has 1 atom stereocenters. The monoisotopic (exact) mass is 252 g/mol. The van der Waals surface area contributed by atoms with Crippen molar-refractivity contribution in [2.24, 2.45) is 23.2 Å². The molecule has 4 bridgehead atoms. The SMILES string of the molecule is COCCCC(C)(O)C12CC3CC(CC(C3)C1)C2. The van der Waals surface area contributed by atoms with Crippen LogP contribution in [0.25, 0.3) is 0 Å². The quantitative estimate of drug-likeness (QED) is 0.760. The molecule has 4 aliphatic carbocycles. The maximum atomic E-state index is 11.1. The summed E-state index contributed by atoms with van der Waals surface area (Å²) in [4.78, 5) is 0.